The van der Waals surface area contributed by atoms with Gasteiger partial charge < -0.3 is 15.5 Å². The number of para-hydroxylation sites is 1. The number of hydrogen-bond donors (Lipinski definition) is 1. The van der Waals surface area contributed by atoms with Crippen LogP contribution in [0.15, 0.2) is 24.3 Å². The smallest absolute Gasteiger partial charge is 0.241 e. The molecule has 1 aromatic carbocycles. The molecule has 4 heteroatoms. The number of carbonyl (C=O) groups excluding carboxylic acids is 1. The lowest BCUT2D eigenvalue weighted by Crippen LogP contribution is -2.41. The zero-order chi connectivity index (χ0) is 13.7. The van der Waals surface area contributed by atoms with Crippen molar-refractivity contribution in [3.05, 3.63) is 29.8 Å². The molecule has 0 aliphatic carbocycles. The normalized spacial score (nSPS) is 14.1. The van der Waals surface area contributed by atoms with Gasteiger partial charge in [-0.05, 0) is 37.4 Å². The Balaban J connectivity index is 1.98. The molecular formula is C15H23N3O. The summed E-state index contributed by atoms with van der Waals surface area (Å²) < 4.78 is 0. The van der Waals surface area contributed by atoms with Crippen molar-refractivity contribution in [3.8, 4) is 0 Å². The van der Waals surface area contributed by atoms with Gasteiger partial charge in [-0.25, -0.2) is 0 Å². The number of anilines is 1. The first kappa shape index (κ1) is 13.9. The van der Waals surface area contributed by atoms with Gasteiger partial charge in [-0.2, -0.15) is 0 Å². The molecule has 0 spiro atoms. The lowest BCUT2D eigenvalue weighted by Gasteiger charge is -2.32. The molecule has 4 nitrogen and oxygen atoms in total. The van der Waals surface area contributed by atoms with Crippen molar-refractivity contribution in [3.63, 3.8) is 0 Å². The highest BCUT2D eigenvalue weighted by atomic mass is 16.2. The van der Waals surface area contributed by atoms with E-state index in [-0.39, 0.29) is 5.91 Å². The minimum absolute atomic E-state index is 0.171. The molecule has 0 radical (unpaired) electrons. The van der Waals surface area contributed by atoms with Crippen LogP contribution in [-0.2, 0) is 11.2 Å². The van der Waals surface area contributed by atoms with E-state index < -0.39 is 0 Å². The van der Waals surface area contributed by atoms with Crippen LogP contribution >= 0.6 is 0 Å². The maximum Gasteiger partial charge on any atom is 0.241 e. The van der Waals surface area contributed by atoms with Gasteiger partial charge in [0.1, 0.15) is 0 Å². The van der Waals surface area contributed by atoms with Crippen molar-refractivity contribution < 1.29 is 4.79 Å². The summed E-state index contributed by atoms with van der Waals surface area (Å²) in [5, 5.41) is 0. The highest BCUT2D eigenvalue weighted by Gasteiger charge is 2.19. The largest absolute Gasteiger partial charge is 0.362 e. The Hall–Kier alpha value is -1.55. The van der Waals surface area contributed by atoms with Gasteiger partial charge in [-0.15, -0.1) is 0 Å². The lowest BCUT2D eigenvalue weighted by molar-refractivity contribution is -0.128. The van der Waals surface area contributed by atoms with Gasteiger partial charge in [-0.1, -0.05) is 18.2 Å². The number of fused-ring (bicyclic) bond motifs is 1. The number of benzene rings is 1. The topological polar surface area (TPSA) is 49.6 Å². The summed E-state index contributed by atoms with van der Waals surface area (Å²) in [5.74, 6) is 0.171. The Labute approximate surface area is 115 Å². The molecular weight excluding hydrogens is 238 g/mol. The summed E-state index contributed by atoms with van der Waals surface area (Å²) in [6.45, 7) is 2.81. The van der Waals surface area contributed by atoms with E-state index in [0.29, 0.717) is 13.1 Å². The molecule has 2 rings (SSSR count). The van der Waals surface area contributed by atoms with Gasteiger partial charge in [0, 0.05) is 25.8 Å². The van der Waals surface area contributed by atoms with E-state index >= 15 is 0 Å². The average molecular weight is 261 g/mol. The molecule has 1 amide bonds. The van der Waals surface area contributed by atoms with Crippen LogP contribution in [0.25, 0.3) is 0 Å². The molecule has 0 atom stereocenters. The Morgan fingerprint density at radius 3 is 3.00 bits per heavy atom. The fourth-order valence-corrected chi connectivity index (χ4v) is 2.51. The minimum Gasteiger partial charge on any atom is -0.362 e. The van der Waals surface area contributed by atoms with E-state index in [1.54, 1.807) is 4.90 Å². The zero-order valence-electron chi connectivity index (χ0n) is 11.6. The molecule has 1 aliphatic heterocycles. The van der Waals surface area contributed by atoms with Crippen LogP contribution < -0.4 is 10.6 Å². The first-order valence-corrected chi connectivity index (χ1v) is 6.99. The van der Waals surface area contributed by atoms with Crippen LogP contribution in [-0.4, -0.2) is 44.0 Å². The molecule has 0 saturated carbocycles. The maximum atomic E-state index is 12.2. The zero-order valence-corrected chi connectivity index (χ0v) is 11.6. The lowest BCUT2D eigenvalue weighted by atomic mass is 10.0. The van der Waals surface area contributed by atoms with Gasteiger partial charge in [-0.3, -0.25) is 4.79 Å². The third-order valence-electron chi connectivity index (χ3n) is 3.66. The van der Waals surface area contributed by atoms with Crippen molar-refractivity contribution in [1.29, 1.82) is 0 Å². The van der Waals surface area contributed by atoms with E-state index in [1.807, 2.05) is 13.1 Å². The van der Waals surface area contributed by atoms with E-state index in [0.717, 1.165) is 32.4 Å². The number of carbonyl (C=O) groups is 1. The molecule has 0 unspecified atom stereocenters. The second-order valence-corrected chi connectivity index (χ2v) is 5.11. The number of likely N-dealkylation sites (N-methyl/N-ethyl adjacent to an activating group) is 1. The highest BCUT2D eigenvalue weighted by Crippen LogP contribution is 2.26. The predicted octanol–water partition coefficient (Wildman–Crippen LogP) is 1.25. The second-order valence-electron chi connectivity index (χ2n) is 5.11. The number of rotatable bonds is 5. The van der Waals surface area contributed by atoms with Crippen molar-refractivity contribution in [2.24, 2.45) is 5.73 Å². The minimum atomic E-state index is 0.171. The van der Waals surface area contributed by atoms with E-state index in [1.165, 1.54) is 11.3 Å². The monoisotopic (exact) mass is 261 g/mol. The number of nitrogens with zero attached hydrogens (tertiary/aromatic N) is 2. The molecule has 2 N–H and O–H groups in total. The van der Waals surface area contributed by atoms with Gasteiger partial charge in [0.05, 0.1) is 6.54 Å². The quantitative estimate of drug-likeness (QED) is 0.868. The summed E-state index contributed by atoms with van der Waals surface area (Å²) in [5.41, 5.74) is 8.05. The summed E-state index contributed by atoms with van der Waals surface area (Å²) in [6, 6.07) is 8.38. The molecule has 0 bridgehead atoms. The van der Waals surface area contributed by atoms with E-state index in [2.05, 4.69) is 23.1 Å². The molecule has 19 heavy (non-hydrogen) atoms. The fraction of sp³-hybridized carbons (Fsp3) is 0.533. The first-order chi connectivity index (χ1) is 9.22. The highest BCUT2D eigenvalue weighted by molar-refractivity contribution is 5.81. The molecule has 1 aromatic rings. The molecule has 104 valence electrons. The van der Waals surface area contributed by atoms with Gasteiger partial charge in [0.2, 0.25) is 5.91 Å². The standard InChI is InChI=1S/C15H23N3O/c1-17(10-5-9-16)15(19)12-18-11-4-7-13-6-2-3-8-14(13)18/h2-3,6,8H,4-5,7,9-12,16H2,1H3. The molecule has 1 heterocycles. The van der Waals surface area contributed by atoms with Crippen molar-refractivity contribution in [2.75, 3.05) is 38.1 Å². The van der Waals surface area contributed by atoms with E-state index in [4.69, 9.17) is 5.73 Å². The van der Waals surface area contributed by atoms with Crippen LogP contribution in [0.3, 0.4) is 0 Å². The van der Waals surface area contributed by atoms with Crippen LogP contribution in [0, 0.1) is 0 Å². The second kappa shape index (κ2) is 6.57. The van der Waals surface area contributed by atoms with Crippen molar-refractivity contribution in [2.45, 2.75) is 19.3 Å². The number of amides is 1. The Morgan fingerprint density at radius 2 is 2.21 bits per heavy atom. The third kappa shape index (κ3) is 3.47. The molecule has 0 fully saturated rings. The molecule has 0 aromatic heterocycles. The summed E-state index contributed by atoms with van der Waals surface area (Å²) in [7, 11) is 1.86. The van der Waals surface area contributed by atoms with Gasteiger partial charge >= 0.3 is 0 Å². The summed E-state index contributed by atoms with van der Waals surface area (Å²) >= 11 is 0. The Kier molecular flexibility index (Phi) is 4.80. The number of aryl methyl sites for hydroxylation is 1. The van der Waals surface area contributed by atoms with Crippen molar-refractivity contribution >= 4 is 11.6 Å². The average Bonchev–Trinajstić information content (AvgIpc) is 2.45. The first-order valence-electron chi connectivity index (χ1n) is 6.99. The SMILES string of the molecule is CN(CCCN)C(=O)CN1CCCc2ccccc21. The molecule has 1 aliphatic rings. The Morgan fingerprint density at radius 1 is 1.42 bits per heavy atom. The van der Waals surface area contributed by atoms with Crippen LogP contribution in [0.4, 0.5) is 5.69 Å². The molecule has 0 saturated heterocycles. The van der Waals surface area contributed by atoms with Gasteiger partial charge in [0.15, 0.2) is 0 Å². The predicted molar refractivity (Wildman–Crippen MR) is 78.3 cm³/mol. The van der Waals surface area contributed by atoms with Crippen molar-refractivity contribution in [1.82, 2.24) is 4.90 Å². The van der Waals surface area contributed by atoms with Crippen LogP contribution in [0.5, 0.6) is 0 Å². The van der Waals surface area contributed by atoms with Crippen LogP contribution in [0.1, 0.15) is 18.4 Å². The summed E-state index contributed by atoms with van der Waals surface area (Å²) in [6.07, 6.45) is 3.10. The number of nitrogens with two attached hydrogens (primary N) is 1. The summed E-state index contributed by atoms with van der Waals surface area (Å²) in [4.78, 5) is 16.1. The Bertz CT molecular complexity index is 433. The third-order valence-corrected chi connectivity index (χ3v) is 3.66. The van der Waals surface area contributed by atoms with Crippen LogP contribution in [0.2, 0.25) is 0 Å². The fourth-order valence-electron chi connectivity index (χ4n) is 2.51. The maximum absolute atomic E-state index is 12.2. The van der Waals surface area contributed by atoms with Gasteiger partial charge in [0.25, 0.3) is 0 Å². The van der Waals surface area contributed by atoms with E-state index in [9.17, 15) is 4.79 Å². The number of hydrogen-bond acceptors (Lipinski definition) is 3.